The molecule has 170 valence electrons. The first kappa shape index (κ1) is 20.4. The fourth-order valence-electron chi connectivity index (χ4n) is 6.13. The number of rotatable bonds is 3. The van der Waals surface area contributed by atoms with Gasteiger partial charge in [0.15, 0.2) is 0 Å². The Morgan fingerprint density at radius 2 is 1.85 bits per heavy atom. The molecule has 7 nitrogen and oxygen atoms in total. The van der Waals surface area contributed by atoms with Crippen molar-refractivity contribution in [2.45, 2.75) is 50.2 Å². The predicted octanol–water partition coefficient (Wildman–Crippen LogP) is 2.09. The zero-order valence-electron chi connectivity index (χ0n) is 18.6. The van der Waals surface area contributed by atoms with Gasteiger partial charge in [-0.25, -0.2) is 0 Å². The molecular weight excluding hydrogens is 416 g/mol. The number of hydrogen-bond donors (Lipinski definition) is 2. The normalized spacial score (nSPS) is 23.6. The van der Waals surface area contributed by atoms with E-state index in [1.807, 2.05) is 12.1 Å². The quantitative estimate of drug-likeness (QED) is 0.709. The molecule has 0 aromatic heterocycles. The van der Waals surface area contributed by atoms with E-state index in [9.17, 15) is 14.4 Å². The first-order valence-electron chi connectivity index (χ1n) is 11.9. The third kappa shape index (κ3) is 3.33. The molecule has 2 aromatic rings. The van der Waals surface area contributed by atoms with E-state index in [4.69, 9.17) is 0 Å². The van der Waals surface area contributed by atoms with Gasteiger partial charge in [-0.2, -0.15) is 0 Å². The molecule has 1 atom stereocenters. The number of benzene rings is 2. The van der Waals surface area contributed by atoms with Crippen molar-refractivity contribution in [1.82, 2.24) is 15.5 Å². The van der Waals surface area contributed by atoms with Crippen molar-refractivity contribution >= 4 is 23.4 Å². The summed E-state index contributed by atoms with van der Waals surface area (Å²) in [6.45, 7) is 4.27. The second kappa shape index (κ2) is 7.70. The van der Waals surface area contributed by atoms with Gasteiger partial charge in [-0.3, -0.25) is 19.7 Å². The van der Waals surface area contributed by atoms with Gasteiger partial charge in [0.05, 0.1) is 0 Å². The summed E-state index contributed by atoms with van der Waals surface area (Å²) < 4.78 is 0. The van der Waals surface area contributed by atoms with E-state index in [0.29, 0.717) is 18.5 Å². The lowest BCUT2D eigenvalue weighted by molar-refractivity contribution is -0.136. The summed E-state index contributed by atoms with van der Waals surface area (Å²) in [4.78, 5) is 41.1. The molecular formula is C26H28N4O3. The highest BCUT2D eigenvalue weighted by molar-refractivity contribution is 6.05. The highest BCUT2D eigenvalue weighted by Crippen LogP contribution is 2.46. The van der Waals surface area contributed by atoms with Gasteiger partial charge >= 0.3 is 0 Å². The number of amides is 3. The summed E-state index contributed by atoms with van der Waals surface area (Å²) in [5, 5.41) is 5.86. The summed E-state index contributed by atoms with van der Waals surface area (Å²) in [5.74, 6) is -0.744. The molecule has 3 amide bonds. The molecule has 4 aliphatic rings. The Morgan fingerprint density at radius 1 is 1.03 bits per heavy atom. The van der Waals surface area contributed by atoms with Crippen LogP contribution in [0, 0.1) is 0 Å². The third-order valence-corrected chi connectivity index (χ3v) is 7.84. The van der Waals surface area contributed by atoms with Crippen LogP contribution in [-0.2, 0) is 28.1 Å². The van der Waals surface area contributed by atoms with Crippen molar-refractivity contribution in [1.29, 1.82) is 0 Å². The van der Waals surface area contributed by atoms with Crippen LogP contribution in [0.15, 0.2) is 42.5 Å². The maximum atomic E-state index is 13.2. The van der Waals surface area contributed by atoms with Gasteiger partial charge in [0.2, 0.25) is 11.8 Å². The lowest BCUT2D eigenvalue weighted by Gasteiger charge is -2.35. The van der Waals surface area contributed by atoms with Crippen LogP contribution in [0.4, 0.5) is 5.69 Å². The number of nitrogens with zero attached hydrogens (tertiary/aromatic N) is 2. The van der Waals surface area contributed by atoms with Crippen LogP contribution in [0.2, 0.25) is 0 Å². The van der Waals surface area contributed by atoms with E-state index in [-0.39, 0.29) is 29.6 Å². The summed E-state index contributed by atoms with van der Waals surface area (Å²) in [6.07, 6.45) is 2.94. The molecule has 2 N–H and O–H groups in total. The number of fused-ring (bicyclic) bond motifs is 3. The number of nitrogens with one attached hydrogen (secondary N) is 2. The fraction of sp³-hybridized carbons (Fsp3) is 0.423. The van der Waals surface area contributed by atoms with Crippen LogP contribution < -0.4 is 15.5 Å². The molecule has 6 rings (SSSR count). The van der Waals surface area contributed by atoms with Gasteiger partial charge in [0, 0.05) is 42.7 Å². The number of anilines is 1. The number of carbonyl (C=O) groups excluding carboxylic acids is 3. The van der Waals surface area contributed by atoms with E-state index in [0.717, 1.165) is 50.1 Å². The second-order valence-corrected chi connectivity index (χ2v) is 9.79. The van der Waals surface area contributed by atoms with Crippen LogP contribution in [0.5, 0.6) is 0 Å². The monoisotopic (exact) mass is 444 g/mol. The van der Waals surface area contributed by atoms with E-state index < -0.39 is 6.04 Å². The smallest absolute Gasteiger partial charge is 0.255 e. The Morgan fingerprint density at radius 3 is 2.67 bits per heavy atom. The first-order valence-corrected chi connectivity index (χ1v) is 11.9. The molecule has 33 heavy (non-hydrogen) atoms. The first-order chi connectivity index (χ1) is 16.0. The van der Waals surface area contributed by atoms with E-state index in [1.165, 1.54) is 11.3 Å². The Bertz CT molecular complexity index is 1150. The topological polar surface area (TPSA) is 81.8 Å². The fourth-order valence-corrected chi connectivity index (χ4v) is 6.13. The molecule has 0 radical (unpaired) electrons. The minimum absolute atomic E-state index is 0.113. The number of hydrogen-bond acceptors (Lipinski definition) is 5. The lowest BCUT2D eigenvalue weighted by atomic mass is 9.75. The number of imide groups is 1. The van der Waals surface area contributed by atoms with Gasteiger partial charge in [0.25, 0.3) is 5.91 Å². The molecule has 4 heterocycles. The number of carbonyl (C=O) groups is 3. The standard InChI is InChI=1S/C26H28N4O3/c31-23-8-7-22(24(32)28-23)30-15-18-6-5-17(13-19(18)25(30)33)14-29-16-26(9-11-27-12-10-26)20-3-1-2-4-21(20)29/h1-6,13,22,27H,7-12,14-16H2,(H,28,31,32). The number of piperidine rings is 2. The Hall–Kier alpha value is -3.19. The molecule has 7 heteroatoms. The van der Waals surface area contributed by atoms with Crippen LogP contribution in [0.3, 0.4) is 0 Å². The van der Waals surface area contributed by atoms with Gasteiger partial charge in [-0.05, 0) is 61.2 Å². The minimum Gasteiger partial charge on any atom is -0.366 e. The maximum absolute atomic E-state index is 13.2. The van der Waals surface area contributed by atoms with Gasteiger partial charge in [-0.15, -0.1) is 0 Å². The molecule has 0 aliphatic carbocycles. The van der Waals surface area contributed by atoms with Crippen LogP contribution in [-0.4, -0.2) is 48.3 Å². The minimum atomic E-state index is -0.573. The van der Waals surface area contributed by atoms with E-state index in [2.05, 4.69) is 45.9 Å². The van der Waals surface area contributed by atoms with Crippen molar-refractivity contribution in [3.05, 3.63) is 64.7 Å². The zero-order valence-corrected chi connectivity index (χ0v) is 18.6. The molecule has 1 unspecified atom stereocenters. The SMILES string of the molecule is O=C1CCC(N2Cc3ccc(CN4CC5(CCNCC5)c5ccccc54)cc3C2=O)C(=O)N1. The molecule has 0 saturated carbocycles. The molecule has 4 aliphatic heterocycles. The highest BCUT2D eigenvalue weighted by atomic mass is 16.2. The molecule has 2 fully saturated rings. The Kier molecular flexibility index (Phi) is 4.76. The zero-order chi connectivity index (χ0) is 22.6. The molecule has 2 saturated heterocycles. The second-order valence-electron chi connectivity index (χ2n) is 9.79. The van der Waals surface area contributed by atoms with Crippen molar-refractivity contribution in [2.75, 3.05) is 24.5 Å². The Balaban J connectivity index is 1.24. The molecule has 1 spiro atoms. The van der Waals surface area contributed by atoms with Crippen molar-refractivity contribution in [2.24, 2.45) is 0 Å². The average molecular weight is 445 g/mol. The number of para-hydroxylation sites is 1. The van der Waals surface area contributed by atoms with Crippen molar-refractivity contribution in [3.8, 4) is 0 Å². The maximum Gasteiger partial charge on any atom is 0.255 e. The van der Waals surface area contributed by atoms with Crippen molar-refractivity contribution in [3.63, 3.8) is 0 Å². The van der Waals surface area contributed by atoms with Gasteiger partial charge in [0.1, 0.15) is 6.04 Å². The van der Waals surface area contributed by atoms with Crippen LogP contribution in [0.25, 0.3) is 0 Å². The Labute approximate surface area is 193 Å². The summed E-state index contributed by atoms with van der Waals surface area (Å²) in [5.41, 5.74) is 5.69. The van der Waals surface area contributed by atoms with Crippen molar-refractivity contribution < 1.29 is 14.4 Å². The third-order valence-electron chi connectivity index (χ3n) is 7.84. The summed E-state index contributed by atoms with van der Waals surface area (Å²) in [7, 11) is 0. The highest BCUT2D eigenvalue weighted by Gasteiger charge is 2.43. The average Bonchev–Trinajstić information content (AvgIpc) is 3.29. The van der Waals surface area contributed by atoms with Gasteiger partial charge < -0.3 is 15.1 Å². The summed E-state index contributed by atoms with van der Waals surface area (Å²) in [6, 6.07) is 14.3. The predicted molar refractivity (Wildman–Crippen MR) is 124 cm³/mol. The summed E-state index contributed by atoms with van der Waals surface area (Å²) >= 11 is 0. The lowest BCUT2D eigenvalue weighted by Crippen LogP contribution is -2.52. The molecule has 0 bridgehead atoms. The molecule has 2 aromatic carbocycles. The largest absolute Gasteiger partial charge is 0.366 e. The van der Waals surface area contributed by atoms with E-state index >= 15 is 0 Å². The van der Waals surface area contributed by atoms with E-state index in [1.54, 1.807) is 4.90 Å². The van der Waals surface area contributed by atoms with Crippen LogP contribution in [0.1, 0.15) is 52.7 Å². The van der Waals surface area contributed by atoms with Crippen LogP contribution >= 0.6 is 0 Å². The van der Waals surface area contributed by atoms with Gasteiger partial charge in [-0.1, -0.05) is 30.3 Å².